The van der Waals surface area contributed by atoms with Gasteiger partial charge in [0.2, 0.25) is 12.7 Å². The lowest BCUT2D eigenvalue weighted by Gasteiger charge is -2.19. The fraction of sp³-hybridized carbons (Fsp3) is 0.125. The van der Waals surface area contributed by atoms with Crippen LogP contribution in [0.1, 0.15) is 16.1 Å². The Labute approximate surface area is 189 Å². The molecule has 0 aliphatic carbocycles. The van der Waals surface area contributed by atoms with Crippen LogP contribution in [0, 0.1) is 0 Å². The van der Waals surface area contributed by atoms with Gasteiger partial charge in [-0.25, -0.2) is 0 Å². The third kappa shape index (κ3) is 4.42. The average Bonchev–Trinajstić information content (AvgIpc) is 3.53. The summed E-state index contributed by atoms with van der Waals surface area (Å²) in [5.41, 5.74) is 2.53. The first-order valence-electron chi connectivity index (χ1n) is 10.2. The number of carbonyl (C=O) groups is 1. The molecule has 1 amide bonds. The number of carbonyl (C=O) groups excluding carboxylic acids is 1. The van der Waals surface area contributed by atoms with E-state index in [1.165, 1.54) is 6.20 Å². The van der Waals surface area contributed by atoms with Crippen LogP contribution in [0.25, 0.3) is 11.1 Å². The Kier molecular flexibility index (Phi) is 5.50. The first kappa shape index (κ1) is 20.4. The molecule has 0 saturated heterocycles. The molecule has 0 bridgehead atoms. The van der Waals surface area contributed by atoms with E-state index in [4.69, 9.17) is 18.6 Å². The van der Waals surface area contributed by atoms with E-state index in [-0.39, 0.29) is 18.4 Å². The number of anilines is 1. The molecule has 1 N–H and O–H groups in total. The summed E-state index contributed by atoms with van der Waals surface area (Å²) in [6.45, 7) is 0.633. The third-order valence-electron chi connectivity index (χ3n) is 4.91. The summed E-state index contributed by atoms with van der Waals surface area (Å²) in [5.74, 6) is 1.24. The van der Waals surface area contributed by atoms with Crippen LogP contribution in [-0.4, -0.2) is 29.7 Å². The van der Waals surface area contributed by atoms with Crippen molar-refractivity contribution in [2.24, 2.45) is 0 Å². The zero-order valence-electron chi connectivity index (χ0n) is 17.7. The number of rotatable bonds is 7. The maximum Gasteiger partial charge on any atom is 0.305 e. The molecule has 0 atom stereocenters. The Bertz CT molecular complexity index is 1320. The second kappa shape index (κ2) is 8.91. The lowest BCUT2D eigenvalue weighted by atomic mass is 10.2. The van der Waals surface area contributed by atoms with Crippen molar-refractivity contribution in [3.63, 3.8) is 0 Å². The largest absolute Gasteiger partial charge is 0.459 e. The van der Waals surface area contributed by atoms with E-state index in [1.54, 1.807) is 48.5 Å². The van der Waals surface area contributed by atoms with E-state index in [9.17, 15) is 4.79 Å². The van der Waals surface area contributed by atoms with Gasteiger partial charge in [-0.2, -0.15) is 4.98 Å². The Hall–Kier alpha value is -4.53. The van der Waals surface area contributed by atoms with Crippen LogP contribution in [0.4, 0.5) is 6.01 Å². The number of pyridine rings is 1. The molecule has 9 nitrogen and oxygen atoms in total. The van der Waals surface area contributed by atoms with Crippen molar-refractivity contribution in [2.75, 3.05) is 18.7 Å². The van der Waals surface area contributed by atoms with Crippen molar-refractivity contribution in [3.8, 4) is 11.5 Å². The lowest BCUT2D eigenvalue weighted by Crippen LogP contribution is -2.22. The smallest absolute Gasteiger partial charge is 0.305 e. The second-order valence-electron chi connectivity index (χ2n) is 7.14. The standard InChI is InChI=1S/C24H20N4O5/c1-25-23(29)20-11-18(9-10-26-20)32-17-7-8-19-21(12-17)33-24(27-19)28(22-14-30-15-31-22)13-16-5-3-2-4-6-16/h2-12,14H,13,15H2,1H3,(H,25,29). The van der Waals surface area contributed by atoms with E-state index in [2.05, 4.69) is 15.3 Å². The summed E-state index contributed by atoms with van der Waals surface area (Å²) >= 11 is 0. The zero-order valence-corrected chi connectivity index (χ0v) is 17.7. The number of aromatic nitrogens is 2. The monoisotopic (exact) mass is 444 g/mol. The minimum atomic E-state index is -0.290. The van der Waals surface area contributed by atoms with Gasteiger partial charge >= 0.3 is 6.01 Å². The topological polar surface area (TPSA) is 99.0 Å². The van der Waals surface area contributed by atoms with Gasteiger partial charge < -0.3 is 23.9 Å². The van der Waals surface area contributed by atoms with Gasteiger partial charge in [-0.1, -0.05) is 30.3 Å². The molecule has 3 heterocycles. The van der Waals surface area contributed by atoms with Crippen molar-refractivity contribution in [1.29, 1.82) is 0 Å². The van der Waals surface area contributed by atoms with Crippen LogP contribution in [-0.2, 0) is 16.0 Å². The number of nitrogens with one attached hydrogen (secondary N) is 1. The molecule has 1 aliphatic rings. The molecule has 9 heteroatoms. The molecule has 0 saturated carbocycles. The molecule has 0 unspecified atom stereocenters. The van der Waals surface area contributed by atoms with Crippen molar-refractivity contribution >= 4 is 23.0 Å². The molecule has 2 aromatic carbocycles. The normalized spacial score (nSPS) is 12.6. The number of nitrogens with zero attached hydrogens (tertiary/aromatic N) is 3. The van der Waals surface area contributed by atoms with Gasteiger partial charge in [0.25, 0.3) is 5.91 Å². The van der Waals surface area contributed by atoms with Crippen molar-refractivity contribution < 1.29 is 23.4 Å². The van der Waals surface area contributed by atoms with Crippen LogP contribution in [0.15, 0.2) is 83.4 Å². The summed E-state index contributed by atoms with van der Waals surface area (Å²) in [6.07, 6.45) is 3.06. The van der Waals surface area contributed by atoms with Crippen molar-refractivity contribution in [1.82, 2.24) is 15.3 Å². The molecule has 1 aliphatic heterocycles. The highest BCUT2D eigenvalue weighted by atomic mass is 16.7. The number of ether oxygens (including phenoxy) is 3. The number of hydrogen-bond donors (Lipinski definition) is 1. The van der Waals surface area contributed by atoms with Gasteiger partial charge in [0.05, 0.1) is 6.54 Å². The van der Waals surface area contributed by atoms with Gasteiger partial charge in [-0.05, 0) is 23.8 Å². The predicted molar refractivity (Wildman–Crippen MR) is 119 cm³/mol. The van der Waals surface area contributed by atoms with Crippen LogP contribution in [0.3, 0.4) is 0 Å². The molecular weight excluding hydrogens is 424 g/mol. The first-order chi connectivity index (χ1) is 16.2. The molecule has 0 radical (unpaired) electrons. The zero-order chi connectivity index (χ0) is 22.6. The SMILES string of the molecule is CNC(=O)c1cc(Oc2ccc3nc(N(Cc4ccccc4)C4=COCO4)oc3c2)ccn1. The van der Waals surface area contributed by atoms with E-state index < -0.39 is 0 Å². The van der Waals surface area contributed by atoms with E-state index in [0.717, 1.165) is 5.56 Å². The van der Waals surface area contributed by atoms with Gasteiger partial charge in [0, 0.05) is 25.4 Å². The van der Waals surface area contributed by atoms with E-state index in [1.807, 2.05) is 30.3 Å². The molecule has 5 rings (SSSR count). The van der Waals surface area contributed by atoms with Crippen LogP contribution >= 0.6 is 0 Å². The molecule has 33 heavy (non-hydrogen) atoms. The van der Waals surface area contributed by atoms with Gasteiger partial charge in [-0.3, -0.25) is 14.7 Å². The second-order valence-corrected chi connectivity index (χ2v) is 7.14. The van der Waals surface area contributed by atoms with Crippen LogP contribution in [0.2, 0.25) is 0 Å². The Balaban J connectivity index is 1.42. The summed E-state index contributed by atoms with van der Waals surface area (Å²) in [7, 11) is 1.55. The fourth-order valence-corrected chi connectivity index (χ4v) is 3.32. The van der Waals surface area contributed by atoms with E-state index in [0.29, 0.717) is 41.0 Å². The molecule has 2 aromatic heterocycles. The van der Waals surface area contributed by atoms with E-state index >= 15 is 0 Å². The highest BCUT2D eigenvalue weighted by Crippen LogP contribution is 2.31. The summed E-state index contributed by atoms with van der Waals surface area (Å²) in [4.78, 5) is 22.3. The highest BCUT2D eigenvalue weighted by molar-refractivity contribution is 5.92. The molecular formula is C24H20N4O5. The minimum absolute atomic E-state index is 0.142. The third-order valence-corrected chi connectivity index (χ3v) is 4.91. The number of benzene rings is 2. The summed E-state index contributed by atoms with van der Waals surface area (Å²) < 4.78 is 22.8. The molecule has 4 aromatic rings. The highest BCUT2D eigenvalue weighted by Gasteiger charge is 2.23. The summed E-state index contributed by atoms with van der Waals surface area (Å²) in [6, 6.07) is 18.9. The van der Waals surface area contributed by atoms with Gasteiger partial charge in [-0.15, -0.1) is 0 Å². The first-order valence-corrected chi connectivity index (χ1v) is 10.2. The minimum Gasteiger partial charge on any atom is -0.459 e. The predicted octanol–water partition coefficient (Wildman–Crippen LogP) is 4.18. The van der Waals surface area contributed by atoms with Crippen molar-refractivity contribution in [2.45, 2.75) is 6.54 Å². The average molecular weight is 444 g/mol. The van der Waals surface area contributed by atoms with Gasteiger partial charge in [0.15, 0.2) is 5.58 Å². The quantitative estimate of drug-likeness (QED) is 0.453. The lowest BCUT2D eigenvalue weighted by molar-refractivity contribution is 0.0776. The number of amides is 1. The number of oxazole rings is 1. The Morgan fingerprint density at radius 2 is 1.97 bits per heavy atom. The fourth-order valence-electron chi connectivity index (χ4n) is 3.32. The van der Waals surface area contributed by atoms with Crippen molar-refractivity contribution in [3.05, 3.63) is 90.3 Å². The maximum absolute atomic E-state index is 11.8. The summed E-state index contributed by atoms with van der Waals surface area (Å²) in [5, 5.41) is 2.54. The van der Waals surface area contributed by atoms with Crippen LogP contribution in [0.5, 0.6) is 11.5 Å². The molecule has 0 spiro atoms. The number of fused-ring (bicyclic) bond motifs is 1. The van der Waals surface area contributed by atoms with Crippen LogP contribution < -0.4 is 15.0 Å². The Morgan fingerprint density at radius 3 is 2.76 bits per heavy atom. The Morgan fingerprint density at radius 1 is 1.12 bits per heavy atom. The molecule has 166 valence electrons. The maximum atomic E-state index is 11.8. The van der Waals surface area contributed by atoms with Gasteiger partial charge in [0.1, 0.15) is 29.0 Å². The number of hydrogen-bond acceptors (Lipinski definition) is 8. The molecule has 0 fully saturated rings.